The summed E-state index contributed by atoms with van der Waals surface area (Å²) >= 11 is 6.29. The molecule has 3 aromatic carbocycles. The number of nitrogens with one attached hydrogen (secondary N) is 1. The van der Waals surface area contributed by atoms with E-state index in [0.717, 1.165) is 38.2 Å². The summed E-state index contributed by atoms with van der Waals surface area (Å²) < 4.78 is 2.19. The molecule has 0 amide bonds. The number of H-pyrrole nitrogens is 1. The van der Waals surface area contributed by atoms with E-state index in [-0.39, 0.29) is 6.04 Å². The molecule has 0 radical (unpaired) electrons. The number of halogens is 1. The minimum absolute atomic E-state index is 0.0335. The van der Waals surface area contributed by atoms with E-state index in [4.69, 9.17) is 11.6 Å². The Kier molecular flexibility index (Phi) is 3.50. The average molecular weight is 359 g/mol. The predicted molar refractivity (Wildman–Crippen MR) is 105 cm³/mol. The van der Waals surface area contributed by atoms with Gasteiger partial charge < -0.3 is 9.55 Å². The van der Waals surface area contributed by atoms with E-state index in [2.05, 4.69) is 43.8 Å². The van der Waals surface area contributed by atoms with E-state index in [1.165, 1.54) is 0 Å². The van der Waals surface area contributed by atoms with E-state index >= 15 is 0 Å². The van der Waals surface area contributed by atoms with Gasteiger partial charge in [-0.2, -0.15) is 0 Å². The molecule has 1 atom stereocenters. The Morgan fingerprint density at radius 1 is 0.846 bits per heavy atom. The number of rotatable bonds is 3. The SMILES string of the molecule is Clc1cccc(C(c2ccc3nc[nH]c3c2)n2cnc3ccccc32)c1. The molecule has 0 fully saturated rings. The first-order valence-corrected chi connectivity index (χ1v) is 8.77. The second-order valence-electron chi connectivity index (χ2n) is 6.28. The third kappa shape index (κ3) is 2.47. The molecule has 126 valence electrons. The van der Waals surface area contributed by atoms with Crippen LogP contribution in [0.25, 0.3) is 22.1 Å². The maximum Gasteiger partial charge on any atom is 0.0966 e. The van der Waals surface area contributed by atoms with Crippen LogP contribution in [0, 0.1) is 0 Å². The summed E-state index contributed by atoms with van der Waals surface area (Å²) in [6.07, 6.45) is 3.61. The molecule has 26 heavy (non-hydrogen) atoms. The minimum atomic E-state index is -0.0335. The Bertz CT molecular complexity index is 1220. The summed E-state index contributed by atoms with van der Waals surface area (Å²) in [6, 6.07) is 22.4. The third-order valence-electron chi connectivity index (χ3n) is 4.68. The van der Waals surface area contributed by atoms with Crippen LogP contribution in [-0.2, 0) is 0 Å². The molecule has 0 aliphatic carbocycles. The summed E-state index contributed by atoms with van der Waals surface area (Å²) in [5.41, 5.74) is 6.28. The van der Waals surface area contributed by atoms with Crippen LogP contribution in [0.1, 0.15) is 17.2 Å². The fraction of sp³-hybridized carbons (Fsp3) is 0.0476. The molecule has 0 saturated carbocycles. The topological polar surface area (TPSA) is 46.5 Å². The van der Waals surface area contributed by atoms with Crippen LogP contribution in [-0.4, -0.2) is 19.5 Å². The molecule has 5 heteroatoms. The van der Waals surface area contributed by atoms with Gasteiger partial charge in [-0.1, -0.05) is 41.9 Å². The van der Waals surface area contributed by atoms with Crippen molar-refractivity contribution in [3.8, 4) is 0 Å². The lowest BCUT2D eigenvalue weighted by atomic mass is 9.97. The first-order valence-electron chi connectivity index (χ1n) is 8.40. The number of hydrogen-bond donors (Lipinski definition) is 1. The summed E-state index contributed by atoms with van der Waals surface area (Å²) in [5, 5.41) is 0.722. The Labute approximate surface area is 155 Å². The zero-order chi connectivity index (χ0) is 17.5. The normalized spacial score (nSPS) is 12.7. The Balaban J connectivity index is 1.77. The molecule has 0 aliphatic rings. The molecule has 0 spiro atoms. The first kappa shape index (κ1) is 15.2. The van der Waals surface area contributed by atoms with Gasteiger partial charge in [0, 0.05) is 5.02 Å². The summed E-state index contributed by atoms with van der Waals surface area (Å²) in [5.74, 6) is 0. The van der Waals surface area contributed by atoms with Gasteiger partial charge in [0.05, 0.1) is 40.8 Å². The average Bonchev–Trinajstić information content (AvgIpc) is 3.29. The maximum absolute atomic E-state index is 6.29. The Hall–Kier alpha value is -3.11. The lowest BCUT2D eigenvalue weighted by Crippen LogP contribution is -2.11. The Morgan fingerprint density at radius 3 is 2.65 bits per heavy atom. The van der Waals surface area contributed by atoms with Crippen molar-refractivity contribution in [1.82, 2.24) is 19.5 Å². The highest BCUT2D eigenvalue weighted by atomic mass is 35.5. The first-order chi connectivity index (χ1) is 12.8. The van der Waals surface area contributed by atoms with E-state index in [9.17, 15) is 0 Å². The van der Waals surface area contributed by atoms with E-state index in [1.807, 2.05) is 48.8 Å². The van der Waals surface area contributed by atoms with Crippen molar-refractivity contribution in [2.75, 3.05) is 0 Å². The molecule has 1 unspecified atom stereocenters. The minimum Gasteiger partial charge on any atom is -0.345 e. The smallest absolute Gasteiger partial charge is 0.0966 e. The van der Waals surface area contributed by atoms with Crippen molar-refractivity contribution in [2.24, 2.45) is 0 Å². The van der Waals surface area contributed by atoms with Gasteiger partial charge in [-0.15, -0.1) is 0 Å². The van der Waals surface area contributed by atoms with Crippen LogP contribution < -0.4 is 0 Å². The van der Waals surface area contributed by atoms with Crippen LogP contribution in [0.5, 0.6) is 0 Å². The molecule has 4 nitrogen and oxygen atoms in total. The highest BCUT2D eigenvalue weighted by molar-refractivity contribution is 6.30. The molecule has 0 bridgehead atoms. The van der Waals surface area contributed by atoms with Crippen molar-refractivity contribution in [3.63, 3.8) is 0 Å². The number of aromatic nitrogens is 4. The van der Waals surface area contributed by atoms with Crippen LogP contribution in [0.4, 0.5) is 0 Å². The van der Waals surface area contributed by atoms with Crippen molar-refractivity contribution < 1.29 is 0 Å². The van der Waals surface area contributed by atoms with Crippen molar-refractivity contribution in [3.05, 3.63) is 95.5 Å². The fourth-order valence-corrected chi connectivity index (χ4v) is 3.70. The molecule has 1 N–H and O–H groups in total. The molecular weight excluding hydrogens is 344 g/mol. The second kappa shape index (κ2) is 6.00. The van der Waals surface area contributed by atoms with Gasteiger partial charge in [0.1, 0.15) is 0 Å². The van der Waals surface area contributed by atoms with Gasteiger partial charge in [-0.05, 0) is 47.5 Å². The predicted octanol–water partition coefficient (Wildman–Crippen LogP) is 5.20. The molecule has 2 aromatic heterocycles. The summed E-state index contributed by atoms with van der Waals surface area (Å²) in [6.45, 7) is 0. The lowest BCUT2D eigenvalue weighted by molar-refractivity contribution is 0.698. The number of nitrogens with zero attached hydrogens (tertiary/aromatic N) is 3. The van der Waals surface area contributed by atoms with Crippen LogP contribution in [0.3, 0.4) is 0 Å². The number of para-hydroxylation sites is 2. The zero-order valence-electron chi connectivity index (χ0n) is 13.8. The van der Waals surface area contributed by atoms with Crippen molar-refractivity contribution in [1.29, 1.82) is 0 Å². The van der Waals surface area contributed by atoms with Gasteiger partial charge >= 0.3 is 0 Å². The molecule has 0 aliphatic heterocycles. The van der Waals surface area contributed by atoms with Gasteiger partial charge in [0.15, 0.2) is 0 Å². The number of imidazole rings is 2. The summed E-state index contributed by atoms with van der Waals surface area (Å²) in [4.78, 5) is 12.1. The van der Waals surface area contributed by atoms with Crippen LogP contribution in [0.2, 0.25) is 5.02 Å². The van der Waals surface area contributed by atoms with E-state index < -0.39 is 0 Å². The van der Waals surface area contributed by atoms with Crippen LogP contribution >= 0.6 is 11.6 Å². The molecule has 5 rings (SSSR count). The highest BCUT2D eigenvalue weighted by Gasteiger charge is 2.19. The van der Waals surface area contributed by atoms with Crippen LogP contribution in [0.15, 0.2) is 79.4 Å². The van der Waals surface area contributed by atoms with Gasteiger partial charge in [-0.25, -0.2) is 9.97 Å². The van der Waals surface area contributed by atoms with Crippen molar-refractivity contribution >= 4 is 33.7 Å². The quantitative estimate of drug-likeness (QED) is 0.481. The number of hydrogen-bond acceptors (Lipinski definition) is 2. The fourth-order valence-electron chi connectivity index (χ4n) is 3.50. The van der Waals surface area contributed by atoms with E-state index in [0.29, 0.717) is 0 Å². The summed E-state index contributed by atoms with van der Waals surface area (Å²) in [7, 11) is 0. The monoisotopic (exact) mass is 358 g/mol. The van der Waals surface area contributed by atoms with Gasteiger partial charge in [-0.3, -0.25) is 0 Å². The number of aromatic amines is 1. The third-order valence-corrected chi connectivity index (χ3v) is 4.92. The zero-order valence-corrected chi connectivity index (χ0v) is 14.6. The van der Waals surface area contributed by atoms with Gasteiger partial charge in [0.25, 0.3) is 0 Å². The van der Waals surface area contributed by atoms with Gasteiger partial charge in [0.2, 0.25) is 0 Å². The van der Waals surface area contributed by atoms with Crippen molar-refractivity contribution in [2.45, 2.75) is 6.04 Å². The molecule has 2 heterocycles. The Morgan fingerprint density at radius 2 is 1.73 bits per heavy atom. The molecule has 5 aromatic rings. The lowest BCUT2D eigenvalue weighted by Gasteiger charge is -2.21. The molecule has 0 saturated heterocycles. The number of fused-ring (bicyclic) bond motifs is 2. The largest absolute Gasteiger partial charge is 0.345 e. The highest BCUT2D eigenvalue weighted by Crippen LogP contribution is 2.32. The second-order valence-corrected chi connectivity index (χ2v) is 6.71. The maximum atomic E-state index is 6.29. The number of benzene rings is 3. The van der Waals surface area contributed by atoms with E-state index in [1.54, 1.807) is 6.33 Å². The standard InChI is InChI=1S/C21H15ClN4/c22-16-5-3-4-14(10-16)21(15-8-9-17-19(11-15)24-12-23-17)26-13-25-18-6-1-2-7-20(18)26/h1-13,21H,(H,23,24). The molecular formula is C21H15ClN4.